The second-order valence-corrected chi connectivity index (χ2v) is 7.66. The third-order valence-corrected chi connectivity index (χ3v) is 5.73. The number of halogens is 2. The molecule has 0 aromatic heterocycles. The van der Waals surface area contributed by atoms with E-state index in [0.717, 1.165) is 22.6 Å². The topological polar surface area (TPSA) is 34.1 Å². The lowest BCUT2D eigenvalue weighted by Crippen LogP contribution is -2.34. The van der Waals surface area contributed by atoms with Crippen LogP contribution in [0.4, 0.5) is 4.39 Å². The zero-order valence-corrected chi connectivity index (χ0v) is 17.1. The summed E-state index contributed by atoms with van der Waals surface area (Å²) in [6.07, 6.45) is 0.0390. The molecule has 2 aliphatic rings. The average Bonchev–Trinajstić information content (AvgIpc) is 3.21. The largest absolute Gasteiger partial charge is 0.492 e. The van der Waals surface area contributed by atoms with Crippen molar-refractivity contribution in [3.8, 4) is 11.5 Å². The number of hydrogen-bond acceptors (Lipinski definition) is 4. The number of benzene rings is 3. The van der Waals surface area contributed by atoms with Crippen molar-refractivity contribution in [2.24, 2.45) is 5.10 Å². The highest BCUT2D eigenvalue weighted by Crippen LogP contribution is 2.47. The summed E-state index contributed by atoms with van der Waals surface area (Å²) < 4.78 is 26.4. The summed E-state index contributed by atoms with van der Waals surface area (Å²) >= 11 is 6.40. The highest BCUT2D eigenvalue weighted by atomic mass is 35.5. The lowest BCUT2D eigenvalue weighted by molar-refractivity contribution is -0.0212. The number of rotatable bonds is 4. The number of nitrogens with zero attached hydrogens (tertiary/aromatic N) is 2. The number of para-hydroxylation sites is 1. The van der Waals surface area contributed by atoms with Gasteiger partial charge in [0.25, 0.3) is 0 Å². The predicted octanol–water partition coefficient (Wildman–Crippen LogP) is 6.12. The van der Waals surface area contributed by atoms with Crippen LogP contribution in [0.15, 0.2) is 71.8 Å². The number of hydrogen-bond donors (Lipinski definition) is 0. The van der Waals surface area contributed by atoms with Crippen molar-refractivity contribution < 1.29 is 13.9 Å². The molecule has 30 heavy (non-hydrogen) atoms. The smallest absolute Gasteiger partial charge is 0.216 e. The Morgan fingerprint density at radius 3 is 2.63 bits per heavy atom. The molecule has 0 fully saturated rings. The van der Waals surface area contributed by atoms with Crippen LogP contribution in [-0.4, -0.2) is 17.3 Å². The van der Waals surface area contributed by atoms with Crippen LogP contribution in [-0.2, 0) is 0 Å². The van der Waals surface area contributed by atoms with Crippen molar-refractivity contribution in [3.05, 3.63) is 94.3 Å². The molecule has 5 rings (SSSR count). The Labute approximate surface area is 179 Å². The van der Waals surface area contributed by atoms with E-state index in [0.29, 0.717) is 29.4 Å². The van der Waals surface area contributed by atoms with Crippen LogP contribution >= 0.6 is 11.6 Å². The van der Waals surface area contributed by atoms with Gasteiger partial charge in [-0.1, -0.05) is 48.0 Å². The van der Waals surface area contributed by atoms with Crippen molar-refractivity contribution in [2.45, 2.75) is 25.6 Å². The molecule has 0 N–H and O–H groups in total. The van der Waals surface area contributed by atoms with Crippen molar-refractivity contribution >= 4 is 17.3 Å². The molecular weight excluding hydrogens is 403 g/mol. The first kappa shape index (κ1) is 18.9. The molecule has 2 aliphatic heterocycles. The first-order valence-corrected chi connectivity index (χ1v) is 10.3. The molecular formula is C24H20ClFN2O2. The van der Waals surface area contributed by atoms with Crippen LogP contribution in [0.25, 0.3) is 0 Å². The second-order valence-electron chi connectivity index (χ2n) is 7.25. The minimum absolute atomic E-state index is 0.0418. The van der Waals surface area contributed by atoms with Gasteiger partial charge in [-0.25, -0.2) is 9.40 Å². The van der Waals surface area contributed by atoms with Crippen molar-refractivity contribution in [3.63, 3.8) is 0 Å². The molecule has 152 valence electrons. The Morgan fingerprint density at radius 2 is 1.87 bits per heavy atom. The summed E-state index contributed by atoms with van der Waals surface area (Å²) in [5.74, 6) is 1.10. The maximum atomic E-state index is 14.6. The third-order valence-electron chi connectivity index (χ3n) is 5.44. The first-order valence-electron chi connectivity index (χ1n) is 9.94. The van der Waals surface area contributed by atoms with Gasteiger partial charge in [0.2, 0.25) is 6.23 Å². The van der Waals surface area contributed by atoms with Crippen LogP contribution in [0.1, 0.15) is 42.3 Å². The number of ether oxygens (including phenoxy) is 2. The molecule has 0 bridgehead atoms. The summed E-state index contributed by atoms with van der Waals surface area (Å²) in [6, 6.07) is 20.2. The molecule has 0 spiro atoms. The van der Waals surface area contributed by atoms with Crippen molar-refractivity contribution in [1.82, 2.24) is 5.01 Å². The van der Waals surface area contributed by atoms with E-state index in [1.54, 1.807) is 12.1 Å². The highest BCUT2D eigenvalue weighted by Gasteiger charge is 2.41. The molecule has 0 aliphatic carbocycles. The molecule has 0 amide bonds. The van der Waals surface area contributed by atoms with Crippen LogP contribution in [0.2, 0.25) is 5.02 Å². The van der Waals surface area contributed by atoms with Gasteiger partial charge < -0.3 is 9.47 Å². The van der Waals surface area contributed by atoms with Crippen molar-refractivity contribution in [2.75, 3.05) is 6.61 Å². The Balaban J connectivity index is 1.56. The average molecular weight is 423 g/mol. The monoisotopic (exact) mass is 422 g/mol. The molecule has 3 aromatic carbocycles. The van der Waals surface area contributed by atoms with Gasteiger partial charge in [0.15, 0.2) is 0 Å². The van der Waals surface area contributed by atoms with E-state index in [2.05, 4.69) is 0 Å². The number of hydrazone groups is 1. The van der Waals surface area contributed by atoms with E-state index in [9.17, 15) is 4.39 Å². The molecule has 0 saturated carbocycles. The highest BCUT2D eigenvalue weighted by molar-refractivity contribution is 6.32. The van der Waals surface area contributed by atoms with E-state index >= 15 is 0 Å². The SMILES string of the molecule is CCOc1ccc(C2=NN3C(C2)c2ccccc2OC3c2ccccc2F)cc1Cl. The fraction of sp³-hybridized carbons (Fsp3) is 0.208. The molecule has 4 nitrogen and oxygen atoms in total. The van der Waals surface area contributed by atoms with E-state index in [4.69, 9.17) is 26.2 Å². The Bertz CT molecular complexity index is 1130. The van der Waals surface area contributed by atoms with Crippen LogP contribution in [0.3, 0.4) is 0 Å². The molecule has 2 atom stereocenters. The normalized spacial score (nSPS) is 19.6. The van der Waals surface area contributed by atoms with E-state index in [-0.39, 0.29) is 11.9 Å². The van der Waals surface area contributed by atoms with Gasteiger partial charge in [0.05, 0.1) is 28.9 Å². The van der Waals surface area contributed by atoms with E-state index in [1.165, 1.54) is 6.07 Å². The van der Waals surface area contributed by atoms with Gasteiger partial charge in [-0.2, -0.15) is 5.10 Å². The van der Waals surface area contributed by atoms with E-state index in [1.807, 2.05) is 60.5 Å². The zero-order chi connectivity index (χ0) is 20.7. The van der Waals surface area contributed by atoms with E-state index < -0.39 is 6.23 Å². The maximum absolute atomic E-state index is 14.6. The lowest BCUT2D eigenvalue weighted by Gasteiger charge is -2.38. The Kier molecular flexibility index (Phi) is 4.83. The van der Waals surface area contributed by atoms with Gasteiger partial charge >= 0.3 is 0 Å². The van der Waals surface area contributed by atoms with Gasteiger partial charge in [-0.05, 0) is 42.8 Å². The molecule has 6 heteroatoms. The van der Waals surface area contributed by atoms with Gasteiger partial charge in [0.1, 0.15) is 17.3 Å². The summed E-state index contributed by atoms with van der Waals surface area (Å²) in [5, 5.41) is 7.26. The summed E-state index contributed by atoms with van der Waals surface area (Å²) in [6.45, 7) is 2.47. The van der Waals surface area contributed by atoms with Crippen LogP contribution < -0.4 is 9.47 Å². The van der Waals surface area contributed by atoms with Crippen LogP contribution in [0, 0.1) is 5.82 Å². The zero-order valence-electron chi connectivity index (χ0n) is 16.4. The fourth-order valence-corrected chi connectivity index (χ4v) is 4.28. The summed E-state index contributed by atoms with van der Waals surface area (Å²) in [7, 11) is 0. The molecule has 0 saturated heterocycles. The van der Waals surface area contributed by atoms with Gasteiger partial charge in [0, 0.05) is 12.0 Å². The maximum Gasteiger partial charge on any atom is 0.216 e. The minimum Gasteiger partial charge on any atom is -0.492 e. The lowest BCUT2D eigenvalue weighted by atomic mass is 9.96. The van der Waals surface area contributed by atoms with Gasteiger partial charge in [-0.15, -0.1) is 0 Å². The first-order chi connectivity index (χ1) is 14.7. The Morgan fingerprint density at radius 1 is 1.10 bits per heavy atom. The quantitative estimate of drug-likeness (QED) is 0.508. The third kappa shape index (κ3) is 3.19. The second kappa shape index (κ2) is 7.65. The van der Waals surface area contributed by atoms with Gasteiger partial charge in [-0.3, -0.25) is 0 Å². The predicted molar refractivity (Wildman–Crippen MR) is 115 cm³/mol. The summed E-state index contributed by atoms with van der Waals surface area (Å²) in [5.41, 5.74) is 3.31. The summed E-state index contributed by atoms with van der Waals surface area (Å²) in [4.78, 5) is 0. The number of fused-ring (bicyclic) bond motifs is 3. The standard InChI is InChI=1S/C24H20ClFN2O2/c1-2-29-23-12-11-15(13-18(23)25)20-14-21-17-8-4-6-10-22(17)30-24(28(21)27-20)16-7-3-5-9-19(16)26/h3-13,21,24H,2,14H2,1H3. The molecule has 2 unspecified atom stereocenters. The minimum atomic E-state index is -0.637. The van der Waals surface area contributed by atoms with Crippen molar-refractivity contribution in [1.29, 1.82) is 0 Å². The van der Waals surface area contributed by atoms with Crippen LogP contribution in [0.5, 0.6) is 11.5 Å². The Hall–Kier alpha value is -3.05. The molecule has 0 radical (unpaired) electrons. The fourth-order valence-electron chi connectivity index (χ4n) is 4.04. The molecule has 3 aromatic rings. The molecule has 2 heterocycles.